The summed E-state index contributed by atoms with van der Waals surface area (Å²) in [7, 11) is 0. The maximum atomic E-state index is 12.2. The van der Waals surface area contributed by atoms with Crippen LogP contribution in [0.25, 0.3) is 0 Å². The van der Waals surface area contributed by atoms with Crippen LogP contribution in [0.3, 0.4) is 0 Å². The van der Waals surface area contributed by atoms with Crippen LogP contribution in [-0.4, -0.2) is 49.8 Å². The van der Waals surface area contributed by atoms with E-state index in [2.05, 4.69) is 0 Å². The molecule has 7 heteroatoms. The topological polar surface area (TPSA) is 55.6 Å². The third-order valence-electron chi connectivity index (χ3n) is 1.93. The standard InChI is InChI=1S/C10H19F3N2O2/c1-2-6-17-7-3-9(16)15(5-4-14)8-10(11,12)13/h2-8,14H2,1H3. The molecule has 0 rings (SSSR count). The van der Waals surface area contributed by atoms with Crippen LogP contribution >= 0.6 is 0 Å². The fourth-order valence-electron chi connectivity index (χ4n) is 1.23. The lowest BCUT2D eigenvalue weighted by molar-refractivity contribution is -0.161. The quantitative estimate of drug-likeness (QED) is 0.663. The molecule has 0 bridgehead atoms. The van der Waals surface area contributed by atoms with E-state index in [9.17, 15) is 18.0 Å². The number of nitrogens with two attached hydrogens (primary N) is 1. The highest BCUT2D eigenvalue weighted by molar-refractivity contribution is 5.76. The van der Waals surface area contributed by atoms with Gasteiger partial charge >= 0.3 is 6.18 Å². The minimum atomic E-state index is -4.39. The predicted molar refractivity (Wildman–Crippen MR) is 57.4 cm³/mol. The van der Waals surface area contributed by atoms with Crippen molar-refractivity contribution in [3.63, 3.8) is 0 Å². The average Bonchev–Trinajstić information content (AvgIpc) is 2.21. The Morgan fingerprint density at radius 2 is 2.00 bits per heavy atom. The molecule has 0 unspecified atom stereocenters. The van der Waals surface area contributed by atoms with E-state index in [4.69, 9.17) is 10.5 Å². The second-order valence-electron chi connectivity index (χ2n) is 3.58. The van der Waals surface area contributed by atoms with Gasteiger partial charge in [-0.05, 0) is 6.42 Å². The Kier molecular flexibility index (Phi) is 7.90. The van der Waals surface area contributed by atoms with E-state index in [1.165, 1.54) is 0 Å². The molecule has 0 radical (unpaired) electrons. The van der Waals surface area contributed by atoms with Gasteiger partial charge in [0.2, 0.25) is 5.91 Å². The summed E-state index contributed by atoms with van der Waals surface area (Å²) in [5.41, 5.74) is 5.17. The first-order valence-corrected chi connectivity index (χ1v) is 5.53. The lowest BCUT2D eigenvalue weighted by atomic mass is 10.3. The van der Waals surface area contributed by atoms with Crippen molar-refractivity contribution < 1.29 is 22.7 Å². The Balaban J connectivity index is 4.06. The van der Waals surface area contributed by atoms with Gasteiger partial charge in [-0.25, -0.2) is 0 Å². The van der Waals surface area contributed by atoms with Crippen LogP contribution in [0.15, 0.2) is 0 Å². The van der Waals surface area contributed by atoms with E-state index >= 15 is 0 Å². The summed E-state index contributed by atoms with van der Waals surface area (Å²) in [5.74, 6) is -0.580. The number of nitrogens with zero attached hydrogens (tertiary/aromatic N) is 1. The van der Waals surface area contributed by atoms with Gasteiger partial charge < -0.3 is 15.4 Å². The van der Waals surface area contributed by atoms with Gasteiger partial charge in [0.1, 0.15) is 6.54 Å². The van der Waals surface area contributed by atoms with Crippen molar-refractivity contribution in [3.8, 4) is 0 Å². The Morgan fingerprint density at radius 3 is 2.47 bits per heavy atom. The third-order valence-corrected chi connectivity index (χ3v) is 1.93. The van der Waals surface area contributed by atoms with Crippen LogP contribution in [0, 0.1) is 0 Å². The van der Waals surface area contributed by atoms with Crippen LogP contribution in [0.5, 0.6) is 0 Å². The van der Waals surface area contributed by atoms with Crippen LogP contribution in [0.2, 0.25) is 0 Å². The summed E-state index contributed by atoms with van der Waals surface area (Å²) in [6.07, 6.45) is -3.63. The lowest BCUT2D eigenvalue weighted by Gasteiger charge is -2.23. The SMILES string of the molecule is CCCOCCC(=O)N(CCN)CC(F)(F)F. The molecular weight excluding hydrogens is 237 g/mol. The molecule has 0 aromatic carbocycles. The minimum absolute atomic E-state index is 0.0115. The largest absolute Gasteiger partial charge is 0.406 e. The molecule has 2 N–H and O–H groups in total. The predicted octanol–water partition coefficient (Wildman–Crippen LogP) is 1.15. The molecule has 0 aromatic rings. The zero-order chi connectivity index (χ0) is 13.3. The summed E-state index contributed by atoms with van der Waals surface area (Å²) in [6.45, 7) is 1.22. The van der Waals surface area contributed by atoms with Crippen LogP contribution in [0.4, 0.5) is 13.2 Å². The fourth-order valence-corrected chi connectivity index (χ4v) is 1.23. The van der Waals surface area contributed by atoms with E-state index in [1.807, 2.05) is 6.92 Å². The number of alkyl halides is 3. The van der Waals surface area contributed by atoms with E-state index in [1.54, 1.807) is 0 Å². The normalized spacial score (nSPS) is 11.6. The maximum absolute atomic E-state index is 12.2. The third kappa shape index (κ3) is 8.93. The summed E-state index contributed by atoms with van der Waals surface area (Å²) in [5, 5.41) is 0. The maximum Gasteiger partial charge on any atom is 0.406 e. The zero-order valence-corrected chi connectivity index (χ0v) is 9.92. The number of carbonyl (C=O) groups is 1. The molecule has 0 heterocycles. The highest BCUT2D eigenvalue weighted by Gasteiger charge is 2.32. The molecule has 0 spiro atoms. The molecule has 0 saturated heterocycles. The molecule has 17 heavy (non-hydrogen) atoms. The van der Waals surface area contributed by atoms with Crippen LogP contribution in [-0.2, 0) is 9.53 Å². The molecule has 102 valence electrons. The van der Waals surface area contributed by atoms with Gasteiger partial charge in [-0.15, -0.1) is 0 Å². The summed E-state index contributed by atoms with van der Waals surface area (Å²) in [6, 6.07) is 0. The average molecular weight is 256 g/mol. The molecule has 0 fully saturated rings. The Bertz CT molecular complexity index is 222. The number of carbonyl (C=O) groups excluding carboxylic acids is 1. The number of ether oxygens (including phenoxy) is 1. The highest BCUT2D eigenvalue weighted by Crippen LogP contribution is 2.16. The van der Waals surface area contributed by atoms with Crippen molar-refractivity contribution in [2.24, 2.45) is 5.73 Å². The van der Waals surface area contributed by atoms with Gasteiger partial charge in [0.15, 0.2) is 0 Å². The van der Waals surface area contributed by atoms with Gasteiger partial charge in [0.25, 0.3) is 0 Å². The Morgan fingerprint density at radius 1 is 1.35 bits per heavy atom. The van der Waals surface area contributed by atoms with E-state index < -0.39 is 18.6 Å². The molecule has 1 amide bonds. The molecule has 4 nitrogen and oxygen atoms in total. The molecule has 0 aliphatic carbocycles. The molecule has 0 aliphatic rings. The van der Waals surface area contributed by atoms with Gasteiger partial charge in [-0.2, -0.15) is 13.2 Å². The van der Waals surface area contributed by atoms with Crippen molar-refractivity contribution >= 4 is 5.91 Å². The first kappa shape index (κ1) is 16.2. The van der Waals surface area contributed by atoms with Crippen LogP contribution < -0.4 is 5.73 Å². The number of hydrogen-bond donors (Lipinski definition) is 1. The molecule has 0 aliphatic heterocycles. The lowest BCUT2D eigenvalue weighted by Crippen LogP contribution is -2.42. The first-order valence-electron chi connectivity index (χ1n) is 5.53. The monoisotopic (exact) mass is 256 g/mol. The van der Waals surface area contributed by atoms with Crippen molar-refractivity contribution in [1.82, 2.24) is 4.90 Å². The summed E-state index contributed by atoms with van der Waals surface area (Å²) in [4.78, 5) is 12.2. The highest BCUT2D eigenvalue weighted by atomic mass is 19.4. The minimum Gasteiger partial charge on any atom is -0.381 e. The number of hydrogen-bond acceptors (Lipinski definition) is 3. The summed E-state index contributed by atoms with van der Waals surface area (Å²) < 4.78 is 41.6. The summed E-state index contributed by atoms with van der Waals surface area (Å²) >= 11 is 0. The second kappa shape index (κ2) is 8.30. The van der Waals surface area contributed by atoms with Crippen molar-refractivity contribution in [2.75, 3.05) is 32.8 Å². The van der Waals surface area contributed by atoms with Crippen molar-refractivity contribution in [3.05, 3.63) is 0 Å². The van der Waals surface area contributed by atoms with E-state index in [-0.39, 0.29) is 26.1 Å². The van der Waals surface area contributed by atoms with Crippen molar-refractivity contribution in [2.45, 2.75) is 25.9 Å². The molecule has 0 saturated carbocycles. The second-order valence-corrected chi connectivity index (χ2v) is 3.58. The van der Waals surface area contributed by atoms with Crippen molar-refractivity contribution in [1.29, 1.82) is 0 Å². The smallest absolute Gasteiger partial charge is 0.381 e. The van der Waals surface area contributed by atoms with E-state index in [0.29, 0.717) is 6.61 Å². The Hall–Kier alpha value is -0.820. The van der Waals surface area contributed by atoms with Crippen LogP contribution in [0.1, 0.15) is 19.8 Å². The fraction of sp³-hybridized carbons (Fsp3) is 0.900. The number of halogens is 3. The molecule has 0 aromatic heterocycles. The van der Waals surface area contributed by atoms with Gasteiger partial charge in [0.05, 0.1) is 13.0 Å². The zero-order valence-electron chi connectivity index (χ0n) is 9.92. The number of amides is 1. The number of rotatable bonds is 8. The van der Waals surface area contributed by atoms with Gasteiger partial charge in [0, 0.05) is 19.7 Å². The first-order chi connectivity index (χ1) is 7.90. The molecular formula is C10H19F3N2O2. The van der Waals surface area contributed by atoms with Gasteiger partial charge in [-0.1, -0.05) is 6.92 Å². The Labute approximate surface area is 98.9 Å². The van der Waals surface area contributed by atoms with Gasteiger partial charge in [-0.3, -0.25) is 4.79 Å². The van der Waals surface area contributed by atoms with E-state index in [0.717, 1.165) is 11.3 Å². The molecule has 0 atom stereocenters.